The number of aliphatic hydroxyl groups is 1. The number of nitrogens with one attached hydrogen (secondary N) is 1. The van der Waals surface area contributed by atoms with E-state index in [1.54, 1.807) is 29.7 Å². The minimum Gasteiger partial charge on any atom is -0.467 e. The number of carbonyl (C=O) groups is 1. The van der Waals surface area contributed by atoms with E-state index in [-0.39, 0.29) is 11.9 Å². The highest BCUT2D eigenvalue weighted by molar-refractivity contribution is 7.17. The second-order valence-corrected chi connectivity index (χ2v) is 6.99. The van der Waals surface area contributed by atoms with E-state index in [4.69, 9.17) is 4.42 Å². The van der Waals surface area contributed by atoms with Gasteiger partial charge in [-0.3, -0.25) is 4.79 Å². The Kier molecular flexibility index (Phi) is 4.90. The molecule has 120 valence electrons. The first kappa shape index (κ1) is 15.9. The first-order valence-electron chi connectivity index (χ1n) is 7.14. The zero-order valence-electron chi connectivity index (χ0n) is 12.4. The van der Waals surface area contributed by atoms with Gasteiger partial charge in [0.25, 0.3) is 5.91 Å². The van der Waals surface area contributed by atoms with Gasteiger partial charge in [-0.15, -0.1) is 11.3 Å². The molecule has 0 aliphatic heterocycles. The van der Waals surface area contributed by atoms with E-state index in [0.29, 0.717) is 17.1 Å². The van der Waals surface area contributed by atoms with Crippen molar-refractivity contribution in [3.05, 3.63) is 52.1 Å². The van der Waals surface area contributed by atoms with Crippen molar-refractivity contribution in [3.8, 4) is 10.6 Å². The lowest BCUT2D eigenvalue weighted by Gasteiger charge is -2.16. The fraction of sp³-hybridized carbons (Fsp3) is 0.250. The third kappa shape index (κ3) is 3.87. The Morgan fingerprint density at radius 2 is 2.35 bits per heavy atom. The number of thiophene rings is 1. The van der Waals surface area contributed by atoms with Crippen LogP contribution in [0.15, 0.2) is 45.8 Å². The number of hydrogen-bond acceptors (Lipinski definition) is 6. The van der Waals surface area contributed by atoms with Crippen molar-refractivity contribution in [1.82, 2.24) is 10.3 Å². The van der Waals surface area contributed by atoms with E-state index in [1.807, 2.05) is 23.8 Å². The van der Waals surface area contributed by atoms with Gasteiger partial charge in [-0.05, 0) is 30.5 Å². The average Bonchev–Trinajstić information content (AvgIpc) is 3.27. The lowest BCUT2D eigenvalue weighted by Crippen LogP contribution is -2.33. The quantitative estimate of drug-likeness (QED) is 0.712. The molecule has 3 aromatic rings. The van der Waals surface area contributed by atoms with Crippen LogP contribution in [0.3, 0.4) is 0 Å². The summed E-state index contributed by atoms with van der Waals surface area (Å²) < 4.78 is 5.16. The molecular formula is C16H16N2O3S2. The van der Waals surface area contributed by atoms with Crippen molar-refractivity contribution >= 4 is 28.6 Å². The minimum atomic E-state index is -0.733. The normalized spacial score (nSPS) is 13.7. The molecule has 2 atom stereocenters. The predicted octanol–water partition coefficient (Wildman–Crippen LogP) is 3.71. The number of thiazole rings is 1. The largest absolute Gasteiger partial charge is 0.467 e. The second kappa shape index (κ2) is 7.08. The van der Waals surface area contributed by atoms with Gasteiger partial charge in [-0.1, -0.05) is 0 Å². The first-order chi connectivity index (χ1) is 11.1. The summed E-state index contributed by atoms with van der Waals surface area (Å²) in [5.41, 5.74) is 1.03. The number of amides is 1. The van der Waals surface area contributed by atoms with Crippen LogP contribution in [0.4, 0.5) is 0 Å². The number of hydrogen-bond donors (Lipinski definition) is 2. The molecule has 1 amide bonds. The maximum atomic E-state index is 12.3. The summed E-state index contributed by atoms with van der Waals surface area (Å²) >= 11 is 2.96. The van der Waals surface area contributed by atoms with E-state index in [2.05, 4.69) is 10.3 Å². The van der Waals surface area contributed by atoms with E-state index in [0.717, 1.165) is 10.6 Å². The molecule has 0 aliphatic carbocycles. The molecule has 23 heavy (non-hydrogen) atoms. The fourth-order valence-corrected chi connectivity index (χ4v) is 3.72. The van der Waals surface area contributed by atoms with Gasteiger partial charge in [0.15, 0.2) is 0 Å². The molecule has 0 radical (unpaired) electrons. The molecule has 0 saturated heterocycles. The van der Waals surface area contributed by atoms with Crippen LogP contribution in [0.1, 0.15) is 34.9 Å². The van der Waals surface area contributed by atoms with Crippen molar-refractivity contribution in [3.63, 3.8) is 0 Å². The highest BCUT2D eigenvalue weighted by Gasteiger charge is 2.18. The maximum absolute atomic E-state index is 12.3. The summed E-state index contributed by atoms with van der Waals surface area (Å²) in [4.78, 5) is 17.1. The zero-order chi connectivity index (χ0) is 16.2. The Bertz CT molecular complexity index is 750. The third-order valence-corrected chi connectivity index (χ3v) is 5.05. The van der Waals surface area contributed by atoms with Crippen LogP contribution in [0.5, 0.6) is 0 Å². The Labute approximate surface area is 141 Å². The van der Waals surface area contributed by atoms with Crippen LogP contribution < -0.4 is 5.32 Å². The monoisotopic (exact) mass is 348 g/mol. The predicted molar refractivity (Wildman–Crippen MR) is 90.6 cm³/mol. The highest BCUT2D eigenvalue weighted by Crippen LogP contribution is 2.27. The van der Waals surface area contributed by atoms with Gasteiger partial charge in [0.05, 0.1) is 12.5 Å². The summed E-state index contributed by atoms with van der Waals surface area (Å²) in [6, 6.07) is 5.24. The Balaban J connectivity index is 1.58. The molecule has 0 saturated carbocycles. The molecule has 0 aliphatic rings. The molecular weight excluding hydrogens is 332 g/mol. The number of aliphatic hydroxyl groups excluding tert-OH is 1. The first-order valence-corrected chi connectivity index (χ1v) is 8.90. The molecule has 0 spiro atoms. The van der Waals surface area contributed by atoms with Crippen molar-refractivity contribution in [1.29, 1.82) is 0 Å². The average molecular weight is 348 g/mol. The number of nitrogens with zero attached hydrogens (tertiary/aromatic N) is 1. The number of rotatable bonds is 6. The van der Waals surface area contributed by atoms with Gasteiger partial charge in [-0.25, -0.2) is 4.98 Å². The highest BCUT2D eigenvalue weighted by atomic mass is 32.1. The van der Waals surface area contributed by atoms with Crippen LogP contribution >= 0.6 is 22.7 Å². The van der Waals surface area contributed by atoms with Gasteiger partial charge < -0.3 is 14.8 Å². The molecule has 2 unspecified atom stereocenters. The van der Waals surface area contributed by atoms with Gasteiger partial charge in [0.1, 0.15) is 21.7 Å². The molecule has 5 nitrogen and oxygen atoms in total. The van der Waals surface area contributed by atoms with Crippen molar-refractivity contribution in [2.75, 3.05) is 0 Å². The zero-order valence-corrected chi connectivity index (χ0v) is 14.1. The topological polar surface area (TPSA) is 75.4 Å². The fourth-order valence-electron chi connectivity index (χ4n) is 2.18. The molecule has 7 heteroatoms. The molecule has 3 rings (SSSR count). The van der Waals surface area contributed by atoms with Crippen LogP contribution in [-0.2, 0) is 0 Å². The lowest BCUT2D eigenvalue weighted by molar-refractivity contribution is 0.0907. The number of aromatic nitrogens is 1. The Morgan fingerprint density at radius 1 is 1.48 bits per heavy atom. The SMILES string of the molecule is CC(CC(O)c1ccco1)NC(=O)c1cnc(-c2ccsc2)s1. The molecule has 2 N–H and O–H groups in total. The van der Waals surface area contributed by atoms with Crippen LogP contribution in [0.25, 0.3) is 10.6 Å². The summed E-state index contributed by atoms with van der Waals surface area (Å²) in [5, 5.41) is 17.7. The van der Waals surface area contributed by atoms with E-state index in [9.17, 15) is 9.90 Å². The summed E-state index contributed by atoms with van der Waals surface area (Å²) in [6.45, 7) is 1.85. The van der Waals surface area contributed by atoms with Crippen molar-refractivity contribution < 1.29 is 14.3 Å². The van der Waals surface area contributed by atoms with Crippen molar-refractivity contribution in [2.45, 2.75) is 25.5 Å². The van der Waals surface area contributed by atoms with Crippen molar-refractivity contribution in [2.24, 2.45) is 0 Å². The van der Waals surface area contributed by atoms with Gasteiger partial charge >= 0.3 is 0 Å². The summed E-state index contributed by atoms with van der Waals surface area (Å²) in [7, 11) is 0. The van der Waals surface area contributed by atoms with Gasteiger partial charge in [0, 0.05) is 23.4 Å². The van der Waals surface area contributed by atoms with Crippen LogP contribution in [-0.4, -0.2) is 22.0 Å². The Morgan fingerprint density at radius 3 is 3.04 bits per heavy atom. The second-order valence-electron chi connectivity index (χ2n) is 5.18. The summed E-state index contributed by atoms with van der Waals surface area (Å²) in [5.74, 6) is 0.326. The van der Waals surface area contributed by atoms with Crippen LogP contribution in [0, 0.1) is 0 Å². The number of furan rings is 1. The lowest BCUT2D eigenvalue weighted by atomic mass is 10.1. The van der Waals surface area contributed by atoms with Gasteiger partial charge in [0.2, 0.25) is 0 Å². The standard InChI is InChI=1S/C16H16N2O3S2/c1-10(7-12(19)13-3-2-5-21-13)18-15(20)14-8-17-16(23-14)11-4-6-22-9-11/h2-6,8-10,12,19H,7H2,1H3,(H,18,20). The van der Waals surface area contributed by atoms with Gasteiger partial charge in [-0.2, -0.15) is 11.3 Å². The minimum absolute atomic E-state index is 0.178. The smallest absolute Gasteiger partial charge is 0.263 e. The third-order valence-electron chi connectivity index (χ3n) is 3.32. The molecule has 3 heterocycles. The number of carbonyl (C=O) groups excluding carboxylic acids is 1. The van der Waals surface area contributed by atoms with E-state index in [1.165, 1.54) is 17.6 Å². The van der Waals surface area contributed by atoms with Crippen LogP contribution in [0.2, 0.25) is 0 Å². The molecule has 3 aromatic heterocycles. The molecule has 0 fully saturated rings. The molecule has 0 bridgehead atoms. The van der Waals surface area contributed by atoms with E-state index >= 15 is 0 Å². The summed E-state index contributed by atoms with van der Waals surface area (Å²) in [6.07, 6.45) is 2.76. The maximum Gasteiger partial charge on any atom is 0.263 e. The Hall–Kier alpha value is -1.96. The molecule has 0 aromatic carbocycles. The van der Waals surface area contributed by atoms with E-state index < -0.39 is 6.10 Å².